The van der Waals surface area contributed by atoms with Crippen molar-refractivity contribution in [3.63, 3.8) is 0 Å². The summed E-state index contributed by atoms with van der Waals surface area (Å²) in [4.78, 5) is 4.26. The first kappa shape index (κ1) is 25.9. The van der Waals surface area contributed by atoms with Crippen LogP contribution in [-0.4, -0.2) is 86.7 Å². The third-order valence-electron chi connectivity index (χ3n) is 6.53. The van der Waals surface area contributed by atoms with E-state index in [4.69, 9.17) is 0 Å². The predicted octanol–water partition coefficient (Wildman–Crippen LogP) is 1.53. The van der Waals surface area contributed by atoms with E-state index in [0.29, 0.717) is 23.4 Å². The Bertz CT molecular complexity index is 1030. The Morgan fingerprint density at radius 1 is 0.970 bits per heavy atom. The van der Waals surface area contributed by atoms with E-state index < -0.39 is 28.3 Å². The Morgan fingerprint density at radius 3 is 2.36 bits per heavy atom. The Labute approximate surface area is 196 Å². The highest BCUT2D eigenvalue weighted by atomic mass is 32.2. The Morgan fingerprint density at radius 2 is 1.64 bits per heavy atom. The van der Waals surface area contributed by atoms with E-state index in [9.17, 15) is 23.7 Å². The molecule has 0 radical (unpaired) electrons. The van der Waals surface area contributed by atoms with E-state index in [1.807, 2.05) is 55.1 Å². The highest BCUT2D eigenvalue weighted by Gasteiger charge is 2.38. The predicted molar refractivity (Wildman–Crippen MR) is 131 cm³/mol. The molecule has 1 aliphatic rings. The summed E-state index contributed by atoms with van der Waals surface area (Å²) in [7, 11) is 0.256. The van der Waals surface area contributed by atoms with Crippen LogP contribution in [0.15, 0.2) is 41.3 Å². The van der Waals surface area contributed by atoms with E-state index in [1.165, 1.54) is 0 Å². The topological polar surface area (TPSA) is 113 Å². The molecule has 1 heterocycles. The zero-order valence-electron chi connectivity index (χ0n) is 19.7. The largest absolute Gasteiger partial charge is 0.389 e. The van der Waals surface area contributed by atoms with Gasteiger partial charge in [-0.3, -0.25) is 4.90 Å². The normalized spacial score (nSPS) is 24.3. The fourth-order valence-corrected chi connectivity index (χ4v) is 5.80. The van der Waals surface area contributed by atoms with Crippen LogP contribution < -0.4 is 9.62 Å². The number of rotatable bonds is 10. The number of anilines is 1. The first-order valence-electron chi connectivity index (χ1n) is 11.6. The number of likely N-dealkylation sites (tertiary alicyclic amines) is 1. The lowest BCUT2D eigenvalue weighted by atomic mass is 9.94. The van der Waals surface area contributed by atoms with Crippen molar-refractivity contribution in [1.82, 2.24) is 9.62 Å². The number of β-amino-alcohol motifs (C(OH)–C–C–N with tert-alkyl or cyclic N) is 1. The molecule has 0 aliphatic carbocycles. The second kappa shape index (κ2) is 11.1. The summed E-state index contributed by atoms with van der Waals surface area (Å²) in [5.74, 6) is 0. The zero-order chi connectivity index (χ0) is 24.2. The second-order valence-corrected chi connectivity index (χ2v) is 10.9. The minimum absolute atomic E-state index is 0.205. The van der Waals surface area contributed by atoms with Crippen molar-refractivity contribution in [2.45, 2.75) is 61.9 Å². The first-order valence-corrected chi connectivity index (χ1v) is 13.1. The molecule has 1 fully saturated rings. The molecule has 4 N–H and O–H groups in total. The minimum Gasteiger partial charge on any atom is -0.389 e. The lowest BCUT2D eigenvalue weighted by Gasteiger charge is -2.42. The van der Waals surface area contributed by atoms with Crippen LogP contribution in [0.2, 0.25) is 0 Å². The summed E-state index contributed by atoms with van der Waals surface area (Å²) in [6.45, 7) is 3.29. The molecule has 0 spiro atoms. The second-order valence-electron chi connectivity index (χ2n) is 9.12. The van der Waals surface area contributed by atoms with Crippen molar-refractivity contribution < 1.29 is 23.7 Å². The standard InChI is InChI=1S/C24H37N3O5S/c1-17-23(29)24(30)21(28)16-27(17)15-7-5-4-6-14-25-33(31,32)22-13-9-10-18-19(22)11-8-12-20(18)26(2)3/h8-13,17,21,23-25,28-30H,4-7,14-16H2,1-3H3/t17-,21+,23+,24-/m0/s1. The minimum atomic E-state index is -3.62. The summed E-state index contributed by atoms with van der Waals surface area (Å²) in [5, 5.41) is 31.3. The Hall–Kier alpha value is -1.75. The Kier molecular flexibility index (Phi) is 8.71. The van der Waals surface area contributed by atoms with Crippen LogP contribution in [0.5, 0.6) is 0 Å². The maximum atomic E-state index is 12.9. The summed E-state index contributed by atoms with van der Waals surface area (Å²) < 4.78 is 28.6. The van der Waals surface area contributed by atoms with Crippen LogP contribution in [0.1, 0.15) is 32.6 Å². The number of aliphatic hydroxyl groups is 3. The first-order chi connectivity index (χ1) is 15.6. The fourth-order valence-electron chi connectivity index (χ4n) is 4.51. The highest BCUT2D eigenvalue weighted by Crippen LogP contribution is 2.30. The smallest absolute Gasteiger partial charge is 0.241 e. The monoisotopic (exact) mass is 479 g/mol. The lowest BCUT2D eigenvalue weighted by Crippen LogP contribution is -2.60. The van der Waals surface area contributed by atoms with Gasteiger partial charge in [0.2, 0.25) is 10.0 Å². The van der Waals surface area contributed by atoms with Crippen LogP contribution in [0.25, 0.3) is 10.8 Å². The quantitative estimate of drug-likeness (QED) is 0.382. The number of sulfonamides is 1. The molecule has 4 atom stereocenters. The lowest BCUT2D eigenvalue weighted by molar-refractivity contribution is -0.133. The Balaban J connectivity index is 1.47. The number of piperidine rings is 1. The van der Waals surface area contributed by atoms with Crippen molar-refractivity contribution in [2.24, 2.45) is 0 Å². The molecular weight excluding hydrogens is 442 g/mol. The molecule has 2 aromatic carbocycles. The number of nitrogens with one attached hydrogen (secondary N) is 1. The molecule has 0 saturated carbocycles. The number of benzene rings is 2. The average Bonchev–Trinajstić information content (AvgIpc) is 2.79. The van der Waals surface area contributed by atoms with Gasteiger partial charge in [0.05, 0.1) is 17.1 Å². The number of fused-ring (bicyclic) bond motifs is 1. The highest BCUT2D eigenvalue weighted by molar-refractivity contribution is 7.89. The molecular formula is C24H37N3O5S. The third-order valence-corrected chi connectivity index (χ3v) is 8.05. The molecule has 8 nitrogen and oxygen atoms in total. The van der Waals surface area contributed by atoms with Crippen molar-refractivity contribution >= 4 is 26.5 Å². The van der Waals surface area contributed by atoms with E-state index in [1.54, 1.807) is 12.1 Å². The van der Waals surface area contributed by atoms with E-state index in [2.05, 4.69) is 4.72 Å². The molecule has 1 aliphatic heterocycles. The molecule has 0 unspecified atom stereocenters. The summed E-state index contributed by atoms with van der Waals surface area (Å²) in [6.07, 6.45) is 0.411. The number of unbranched alkanes of at least 4 members (excludes halogenated alkanes) is 3. The number of nitrogens with zero attached hydrogens (tertiary/aromatic N) is 2. The van der Waals surface area contributed by atoms with Gasteiger partial charge < -0.3 is 20.2 Å². The van der Waals surface area contributed by atoms with Crippen molar-refractivity contribution in [3.05, 3.63) is 36.4 Å². The van der Waals surface area contributed by atoms with Gasteiger partial charge in [-0.15, -0.1) is 0 Å². The fraction of sp³-hybridized carbons (Fsp3) is 0.583. The van der Waals surface area contributed by atoms with E-state index in [0.717, 1.165) is 43.3 Å². The van der Waals surface area contributed by atoms with Gasteiger partial charge in [-0.1, -0.05) is 37.1 Å². The molecule has 0 aromatic heterocycles. The van der Waals surface area contributed by atoms with Crippen LogP contribution in [0.3, 0.4) is 0 Å². The molecule has 33 heavy (non-hydrogen) atoms. The maximum absolute atomic E-state index is 12.9. The molecule has 9 heteroatoms. The van der Waals surface area contributed by atoms with E-state index in [-0.39, 0.29) is 6.04 Å². The van der Waals surface area contributed by atoms with Gasteiger partial charge >= 0.3 is 0 Å². The van der Waals surface area contributed by atoms with Gasteiger partial charge in [-0.05, 0) is 38.4 Å². The summed E-state index contributed by atoms with van der Waals surface area (Å²) in [6, 6.07) is 10.8. The number of hydrogen-bond acceptors (Lipinski definition) is 7. The van der Waals surface area contributed by atoms with Gasteiger partial charge in [0.1, 0.15) is 6.10 Å². The molecule has 0 bridgehead atoms. The van der Waals surface area contributed by atoms with Crippen LogP contribution in [0, 0.1) is 0 Å². The summed E-state index contributed by atoms with van der Waals surface area (Å²) in [5.41, 5.74) is 0.974. The van der Waals surface area contributed by atoms with Gasteiger partial charge in [0, 0.05) is 49.7 Å². The molecule has 3 rings (SSSR count). The summed E-state index contributed by atoms with van der Waals surface area (Å²) >= 11 is 0. The third kappa shape index (κ3) is 6.03. The molecule has 0 amide bonds. The number of aliphatic hydroxyl groups excluding tert-OH is 3. The van der Waals surface area contributed by atoms with Crippen molar-refractivity contribution in [2.75, 3.05) is 38.6 Å². The van der Waals surface area contributed by atoms with Crippen molar-refractivity contribution in [1.29, 1.82) is 0 Å². The van der Waals surface area contributed by atoms with Gasteiger partial charge in [-0.2, -0.15) is 0 Å². The molecule has 2 aromatic rings. The van der Waals surface area contributed by atoms with Crippen LogP contribution >= 0.6 is 0 Å². The molecule has 184 valence electrons. The SMILES string of the molecule is C[C@H]1[C@@H](O)[C@@H](O)[C@H](O)CN1CCCCCCNS(=O)(=O)c1cccc2c(N(C)C)cccc12. The van der Waals surface area contributed by atoms with Crippen molar-refractivity contribution in [3.8, 4) is 0 Å². The number of hydrogen-bond donors (Lipinski definition) is 4. The van der Waals surface area contributed by atoms with Crippen LogP contribution in [-0.2, 0) is 10.0 Å². The molecule has 1 saturated heterocycles. The zero-order valence-corrected chi connectivity index (χ0v) is 20.5. The average molecular weight is 480 g/mol. The maximum Gasteiger partial charge on any atom is 0.241 e. The van der Waals surface area contributed by atoms with Gasteiger partial charge in [-0.25, -0.2) is 13.1 Å². The van der Waals surface area contributed by atoms with E-state index >= 15 is 0 Å². The van der Waals surface area contributed by atoms with Crippen LogP contribution in [0.4, 0.5) is 5.69 Å². The van der Waals surface area contributed by atoms with Gasteiger partial charge in [0.15, 0.2) is 0 Å². The van der Waals surface area contributed by atoms with Gasteiger partial charge in [0.25, 0.3) is 0 Å².